The summed E-state index contributed by atoms with van der Waals surface area (Å²) in [6.07, 6.45) is 0.322. The van der Waals surface area contributed by atoms with Crippen LogP contribution in [0.3, 0.4) is 0 Å². The maximum absolute atomic E-state index is 14.1. The largest absolute Gasteiger partial charge is 0.492 e. The molecule has 0 saturated carbocycles. The van der Waals surface area contributed by atoms with Crippen LogP contribution in [-0.4, -0.2) is 50.9 Å². The number of sulfonamides is 1. The van der Waals surface area contributed by atoms with Gasteiger partial charge in [-0.25, -0.2) is 8.42 Å². The summed E-state index contributed by atoms with van der Waals surface area (Å²) in [5.41, 5.74) is 0.864. The molecule has 3 aromatic carbocycles. The zero-order valence-electron chi connectivity index (χ0n) is 22.3. The van der Waals surface area contributed by atoms with Gasteiger partial charge in [0.15, 0.2) is 0 Å². The van der Waals surface area contributed by atoms with E-state index in [0.717, 1.165) is 4.31 Å². The average molecular weight is 572 g/mol. The first-order valence-electron chi connectivity index (χ1n) is 12.8. The number of halogens is 1. The number of carbonyl (C=O) groups excluding carboxylic acids is 2. The van der Waals surface area contributed by atoms with Crippen LogP contribution in [0.4, 0.5) is 5.69 Å². The SMILES string of the molecule is CCNC(=O)[C@H](CC)N(Cc1ccccc1Cl)C(=O)CN(c1ccccc1OCC)S(=O)(=O)c1ccccc1. The van der Waals surface area contributed by atoms with Crippen molar-refractivity contribution in [3.05, 3.63) is 89.4 Å². The van der Waals surface area contributed by atoms with Crippen LogP contribution in [0.2, 0.25) is 5.02 Å². The Balaban J connectivity index is 2.11. The molecular formula is C29H34ClN3O5S. The highest BCUT2D eigenvalue weighted by Gasteiger charge is 2.34. The topological polar surface area (TPSA) is 96.0 Å². The lowest BCUT2D eigenvalue weighted by Crippen LogP contribution is -2.52. The summed E-state index contributed by atoms with van der Waals surface area (Å²) >= 11 is 6.41. The second-order valence-corrected chi connectivity index (χ2v) is 10.9. The highest BCUT2D eigenvalue weighted by molar-refractivity contribution is 7.92. The van der Waals surface area contributed by atoms with Gasteiger partial charge in [0.05, 0.1) is 17.2 Å². The molecule has 0 aliphatic heterocycles. The van der Waals surface area contributed by atoms with E-state index in [0.29, 0.717) is 35.9 Å². The summed E-state index contributed by atoms with van der Waals surface area (Å²) in [7, 11) is -4.19. The van der Waals surface area contributed by atoms with Crippen LogP contribution in [0.5, 0.6) is 5.75 Å². The molecule has 10 heteroatoms. The minimum Gasteiger partial charge on any atom is -0.492 e. The maximum Gasteiger partial charge on any atom is 0.264 e. The zero-order valence-corrected chi connectivity index (χ0v) is 23.9. The van der Waals surface area contributed by atoms with E-state index in [1.807, 2.05) is 0 Å². The summed E-state index contributed by atoms with van der Waals surface area (Å²) in [6.45, 7) is 5.56. The van der Waals surface area contributed by atoms with Crippen LogP contribution in [0.1, 0.15) is 32.8 Å². The maximum atomic E-state index is 14.1. The lowest BCUT2D eigenvalue weighted by molar-refractivity contribution is -0.140. The standard InChI is InChI=1S/C29H34ClN3O5S/c1-4-25(29(35)31-5-2)32(20-22-14-10-11-17-24(22)30)28(34)21-33(26-18-12-13-19-27(26)38-6-3)39(36,37)23-15-8-7-9-16-23/h7-19,25H,4-6,20-21H2,1-3H3,(H,31,35)/t25-/m0/s1. The van der Waals surface area contributed by atoms with Gasteiger partial charge in [-0.2, -0.15) is 0 Å². The molecule has 0 heterocycles. The van der Waals surface area contributed by atoms with E-state index in [4.69, 9.17) is 16.3 Å². The molecule has 0 bridgehead atoms. The monoisotopic (exact) mass is 571 g/mol. The number of nitrogens with one attached hydrogen (secondary N) is 1. The first-order chi connectivity index (χ1) is 18.7. The third-order valence-corrected chi connectivity index (χ3v) is 8.22. The van der Waals surface area contributed by atoms with E-state index in [1.54, 1.807) is 87.5 Å². The van der Waals surface area contributed by atoms with Crippen molar-refractivity contribution in [3.63, 3.8) is 0 Å². The number of hydrogen-bond donors (Lipinski definition) is 1. The number of amides is 2. The van der Waals surface area contributed by atoms with Crippen molar-refractivity contribution < 1.29 is 22.7 Å². The number of hydrogen-bond acceptors (Lipinski definition) is 5. The molecular weight excluding hydrogens is 538 g/mol. The van der Waals surface area contributed by atoms with E-state index in [-0.39, 0.29) is 23.0 Å². The number of para-hydroxylation sites is 2. The molecule has 3 rings (SSSR count). The molecule has 1 N–H and O–H groups in total. The molecule has 208 valence electrons. The van der Waals surface area contributed by atoms with Gasteiger partial charge in [-0.1, -0.05) is 67.1 Å². The first kappa shape index (κ1) is 30.0. The van der Waals surface area contributed by atoms with Crippen molar-refractivity contribution in [2.24, 2.45) is 0 Å². The van der Waals surface area contributed by atoms with Gasteiger partial charge in [-0.05, 0) is 56.2 Å². The second kappa shape index (κ2) is 14.0. The van der Waals surface area contributed by atoms with Crippen molar-refractivity contribution in [1.82, 2.24) is 10.2 Å². The Labute approximate surface area is 235 Å². The Hall–Kier alpha value is -3.56. The lowest BCUT2D eigenvalue weighted by Gasteiger charge is -2.33. The van der Waals surface area contributed by atoms with Crippen LogP contribution in [-0.2, 0) is 26.2 Å². The van der Waals surface area contributed by atoms with Crippen LogP contribution >= 0.6 is 11.6 Å². The summed E-state index contributed by atoms with van der Waals surface area (Å²) in [6, 6.07) is 20.8. The third-order valence-electron chi connectivity index (χ3n) is 6.08. The zero-order chi connectivity index (χ0) is 28.4. The summed E-state index contributed by atoms with van der Waals surface area (Å²) in [4.78, 5) is 28.5. The lowest BCUT2D eigenvalue weighted by atomic mass is 10.1. The van der Waals surface area contributed by atoms with Gasteiger partial charge >= 0.3 is 0 Å². The van der Waals surface area contributed by atoms with Crippen molar-refractivity contribution in [2.75, 3.05) is 24.0 Å². The molecule has 0 fully saturated rings. The van der Waals surface area contributed by atoms with Crippen LogP contribution < -0.4 is 14.4 Å². The predicted molar refractivity (Wildman–Crippen MR) is 153 cm³/mol. The Morgan fingerprint density at radius 3 is 2.21 bits per heavy atom. The van der Waals surface area contributed by atoms with E-state index < -0.39 is 28.5 Å². The fourth-order valence-corrected chi connectivity index (χ4v) is 5.84. The van der Waals surface area contributed by atoms with Gasteiger partial charge in [-0.3, -0.25) is 13.9 Å². The Morgan fingerprint density at radius 2 is 1.56 bits per heavy atom. The molecule has 0 unspecified atom stereocenters. The number of ether oxygens (including phenoxy) is 1. The number of likely N-dealkylation sites (N-methyl/N-ethyl adjacent to an activating group) is 1. The molecule has 0 aromatic heterocycles. The van der Waals surface area contributed by atoms with E-state index in [9.17, 15) is 18.0 Å². The van der Waals surface area contributed by atoms with Crippen molar-refractivity contribution in [3.8, 4) is 5.75 Å². The quantitative estimate of drug-likeness (QED) is 0.315. The van der Waals surface area contributed by atoms with Crippen molar-refractivity contribution in [1.29, 1.82) is 0 Å². The average Bonchev–Trinajstić information content (AvgIpc) is 2.93. The summed E-state index contributed by atoms with van der Waals surface area (Å²) in [5.74, 6) is -0.563. The fraction of sp³-hybridized carbons (Fsp3) is 0.310. The van der Waals surface area contributed by atoms with Crippen molar-refractivity contribution in [2.45, 2.75) is 44.7 Å². The smallest absolute Gasteiger partial charge is 0.264 e. The number of anilines is 1. The fourth-order valence-electron chi connectivity index (χ4n) is 4.20. The first-order valence-corrected chi connectivity index (χ1v) is 14.7. The summed E-state index contributed by atoms with van der Waals surface area (Å²) in [5, 5.41) is 3.22. The number of benzene rings is 3. The van der Waals surface area contributed by atoms with Gasteiger partial charge in [0.25, 0.3) is 10.0 Å². The highest BCUT2D eigenvalue weighted by atomic mass is 35.5. The summed E-state index contributed by atoms with van der Waals surface area (Å²) < 4.78 is 34.6. The normalized spacial score (nSPS) is 11.9. The molecule has 2 amide bonds. The molecule has 1 atom stereocenters. The van der Waals surface area contributed by atoms with E-state index >= 15 is 0 Å². The van der Waals surface area contributed by atoms with Gasteiger partial charge in [0.1, 0.15) is 18.3 Å². The van der Waals surface area contributed by atoms with Gasteiger partial charge < -0.3 is 15.0 Å². The Morgan fingerprint density at radius 1 is 0.923 bits per heavy atom. The Kier molecular flexibility index (Phi) is 10.8. The third kappa shape index (κ3) is 7.30. The molecule has 0 aliphatic rings. The molecule has 3 aromatic rings. The van der Waals surface area contributed by atoms with Gasteiger partial charge in [0.2, 0.25) is 11.8 Å². The molecule has 8 nitrogen and oxygen atoms in total. The van der Waals surface area contributed by atoms with Crippen LogP contribution in [0, 0.1) is 0 Å². The van der Waals surface area contributed by atoms with Gasteiger partial charge in [0, 0.05) is 18.1 Å². The molecule has 0 saturated heterocycles. The number of nitrogens with zero attached hydrogens (tertiary/aromatic N) is 2. The molecule has 39 heavy (non-hydrogen) atoms. The Bertz CT molecular complexity index is 1370. The minimum absolute atomic E-state index is 0.0255. The van der Waals surface area contributed by atoms with E-state index in [2.05, 4.69) is 5.32 Å². The minimum atomic E-state index is -4.19. The number of carbonyl (C=O) groups is 2. The van der Waals surface area contributed by atoms with E-state index in [1.165, 1.54) is 17.0 Å². The molecule has 0 aliphatic carbocycles. The van der Waals surface area contributed by atoms with Crippen LogP contribution in [0.15, 0.2) is 83.8 Å². The van der Waals surface area contributed by atoms with Crippen LogP contribution in [0.25, 0.3) is 0 Å². The second-order valence-electron chi connectivity index (χ2n) is 8.66. The molecule has 0 spiro atoms. The molecule has 0 radical (unpaired) electrons. The van der Waals surface area contributed by atoms with Crippen molar-refractivity contribution >= 4 is 39.1 Å². The predicted octanol–water partition coefficient (Wildman–Crippen LogP) is 4.88. The van der Waals surface area contributed by atoms with Gasteiger partial charge in [-0.15, -0.1) is 0 Å². The number of rotatable bonds is 13. The highest BCUT2D eigenvalue weighted by Crippen LogP contribution is 2.33.